The van der Waals surface area contributed by atoms with E-state index in [1.54, 1.807) is 0 Å². The van der Waals surface area contributed by atoms with Crippen molar-refractivity contribution in [3.63, 3.8) is 0 Å². The summed E-state index contributed by atoms with van der Waals surface area (Å²) in [5.74, 6) is 0. The molecule has 0 saturated carbocycles. The maximum atomic E-state index is 5.11. The van der Waals surface area contributed by atoms with Crippen molar-refractivity contribution in [1.29, 1.82) is 0 Å². The number of aryl methyl sites for hydroxylation is 2. The van der Waals surface area contributed by atoms with Gasteiger partial charge in [0.1, 0.15) is 0 Å². The first-order valence-electron chi connectivity index (χ1n) is 5.64. The predicted molar refractivity (Wildman–Crippen MR) is 75.3 cm³/mol. The van der Waals surface area contributed by atoms with Crippen molar-refractivity contribution in [2.75, 3.05) is 0 Å². The van der Waals surface area contributed by atoms with Crippen LogP contribution in [0.25, 0.3) is 10.8 Å². The number of hydrogen-bond acceptors (Lipinski definition) is 1. The summed E-state index contributed by atoms with van der Waals surface area (Å²) in [7, 11) is 0. The highest BCUT2D eigenvalue weighted by Gasteiger charge is 1.98. The monoisotopic (exact) mass is 228 g/mol. The lowest BCUT2D eigenvalue weighted by Crippen LogP contribution is -1.91. The van der Waals surface area contributed by atoms with Crippen LogP contribution in [0, 0.1) is 6.92 Å². The van der Waals surface area contributed by atoms with Gasteiger partial charge in [0.25, 0.3) is 0 Å². The molecule has 0 unspecified atom stereocenters. The lowest BCUT2D eigenvalue weighted by atomic mass is 10.0. The van der Waals surface area contributed by atoms with Crippen molar-refractivity contribution in [3.8, 4) is 0 Å². The minimum atomic E-state index is 1.01. The summed E-state index contributed by atoms with van der Waals surface area (Å²) in [6, 6.07) is 13.3. The third-order valence-corrected chi connectivity index (χ3v) is 3.03. The van der Waals surface area contributed by atoms with Gasteiger partial charge in [-0.3, -0.25) is 0 Å². The van der Waals surface area contributed by atoms with Gasteiger partial charge in [0, 0.05) is 0 Å². The number of rotatable bonds is 3. The van der Waals surface area contributed by atoms with Crippen molar-refractivity contribution in [2.45, 2.75) is 26.7 Å². The second kappa shape index (κ2) is 4.75. The Morgan fingerprint density at radius 2 is 1.75 bits per heavy atom. The van der Waals surface area contributed by atoms with Gasteiger partial charge in [-0.25, -0.2) is 0 Å². The smallest absolute Gasteiger partial charge is 0.00992 e. The summed E-state index contributed by atoms with van der Waals surface area (Å²) >= 11 is 5.11. The summed E-state index contributed by atoms with van der Waals surface area (Å²) in [6.45, 7) is 4.14. The van der Waals surface area contributed by atoms with Crippen molar-refractivity contribution >= 4 is 27.9 Å². The maximum absolute atomic E-state index is 5.11. The highest BCUT2D eigenvalue weighted by molar-refractivity contribution is 7.80. The van der Waals surface area contributed by atoms with Gasteiger partial charge in [-0.2, -0.15) is 0 Å². The van der Waals surface area contributed by atoms with Crippen molar-refractivity contribution < 1.29 is 0 Å². The molecule has 2 aromatic carbocycles. The molecule has 0 aliphatic heterocycles. The van der Waals surface area contributed by atoms with E-state index in [2.05, 4.69) is 43.3 Å². The Kier molecular flexibility index (Phi) is 3.35. The van der Waals surface area contributed by atoms with Gasteiger partial charge in [0.05, 0.1) is 0 Å². The Labute approximate surface area is 102 Å². The molecule has 0 heterocycles. The van der Waals surface area contributed by atoms with Gasteiger partial charge < -0.3 is 0 Å². The van der Waals surface area contributed by atoms with Gasteiger partial charge in [-0.15, -0.1) is 0 Å². The largest absolute Gasteiger partial charge is 0.0900 e. The first-order chi connectivity index (χ1) is 7.65. The third kappa shape index (κ3) is 2.67. The molecule has 2 aromatic rings. The summed E-state index contributed by atoms with van der Waals surface area (Å²) in [5.41, 5.74) is 2.69. The minimum Gasteiger partial charge on any atom is -0.0900 e. The number of benzene rings is 2. The molecule has 0 bridgehead atoms. The minimum absolute atomic E-state index is 1.01. The average molecular weight is 228 g/mol. The second-order valence-electron chi connectivity index (χ2n) is 4.39. The molecule has 16 heavy (non-hydrogen) atoms. The fourth-order valence-corrected chi connectivity index (χ4v) is 1.99. The summed E-state index contributed by atoms with van der Waals surface area (Å²) < 4.78 is 0. The van der Waals surface area contributed by atoms with Crippen LogP contribution in [0.2, 0.25) is 0 Å². The zero-order valence-electron chi connectivity index (χ0n) is 9.79. The quantitative estimate of drug-likeness (QED) is 0.698. The van der Waals surface area contributed by atoms with E-state index in [1.807, 2.05) is 6.92 Å². The van der Waals surface area contributed by atoms with E-state index in [0.29, 0.717) is 0 Å². The van der Waals surface area contributed by atoms with Crippen molar-refractivity contribution in [2.24, 2.45) is 0 Å². The van der Waals surface area contributed by atoms with E-state index in [4.69, 9.17) is 12.2 Å². The first kappa shape index (κ1) is 11.3. The van der Waals surface area contributed by atoms with Crippen LogP contribution in [0.4, 0.5) is 0 Å². The van der Waals surface area contributed by atoms with Gasteiger partial charge in [0.2, 0.25) is 0 Å². The molecule has 0 aliphatic rings. The van der Waals surface area contributed by atoms with Gasteiger partial charge in [-0.05, 0) is 47.9 Å². The van der Waals surface area contributed by atoms with Gasteiger partial charge in [-0.1, -0.05) is 54.2 Å². The van der Waals surface area contributed by atoms with Crippen LogP contribution in [0.15, 0.2) is 36.4 Å². The molecular formula is C15H16S. The topological polar surface area (TPSA) is 0 Å². The molecule has 0 amide bonds. The summed E-state index contributed by atoms with van der Waals surface area (Å²) in [6.07, 6.45) is 2.06. The van der Waals surface area contributed by atoms with Gasteiger partial charge in [0.15, 0.2) is 0 Å². The Balaban J connectivity index is 2.30. The highest BCUT2D eigenvalue weighted by atomic mass is 32.1. The van der Waals surface area contributed by atoms with E-state index >= 15 is 0 Å². The summed E-state index contributed by atoms with van der Waals surface area (Å²) in [5, 5.41) is 2.65. The zero-order chi connectivity index (χ0) is 11.5. The van der Waals surface area contributed by atoms with Crippen LogP contribution in [-0.2, 0) is 6.42 Å². The standard InChI is InChI=1S/C15H16S/c1-11-3-7-15-10-13(5-4-12(2)16)6-8-14(15)9-11/h3,6-10H,4-5H2,1-2H3. The number of thiocarbonyl (C=S) groups is 1. The molecule has 0 radical (unpaired) electrons. The SMILES string of the molecule is CC(=S)CCc1ccc2cc(C)ccc2c1. The van der Waals surface area contributed by atoms with Crippen LogP contribution in [-0.4, -0.2) is 4.86 Å². The molecule has 0 saturated heterocycles. The van der Waals surface area contributed by atoms with E-state index in [0.717, 1.165) is 17.7 Å². The van der Waals surface area contributed by atoms with Crippen LogP contribution < -0.4 is 0 Å². The molecular weight excluding hydrogens is 212 g/mol. The van der Waals surface area contributed by atoms with Crippen LogP contribution in [0.5, 0.6) is 0 Å². The normalized spacial score (nSPS) is 10.6. The Bertz CT molecular complexity index is 526. The van der Waals surface area contributed by atoms with Crippen molar-refractivity contribution in [1.82, 2.24) is 0 Å². The second-order valence-corrected chi connectivity index (χ2v) is 5.08. The van der Waals surface area contributed by atoms with Crippen LogP contribution in [0.1, 0.15) is 24.5 Å². The number of fused-ring (bicyclic) bond motifs is 1. The first-order valence-corrected chi connectivity index (χ1v) is 6.05. The molecule has 2 rings (SSSR count). The fraction of sp³-hybridized carbons (Fsp3) is 0.267. The van der Waals surface area contributed by atoms with Crippen LogP contribution in [0.3, 0.4) is 0 Å². The predicted octanol–water partition coefficient (Wildman–Crippen LogP) is 4.47. The Morgan fingerprint density at radius 1 is 1.06 bits per heavy atom. The van der Waals surface area contributed by atoms with Crippen molar-refractivity contribution in [3.05, 3.63) is 47.5 Å². The Hall–Kier alpha value is -1.21. The molecule has 0 atom stereocenters. The lowest BCUT2D eigenvalue weighted by Gasteiger charge is -2.04. The van der Waals surface area contributed by atoms with E-state index in [-0.39, 0.29) is 0 Å². The molecule has 0 nitrogen and oxygen atoms in total. The van der Waals surface area contributed by atoms with Crippen LogP contribution >= 0.6 is 12.2 Å². The molecule has 0 fully saturated rings. The molecule has 1 heteroatoms. The maximum Gasteiger partial charge on any atom is -0.00992 e. The molecule has 0 N–H and O–H groups in total. The summed E-state index contributed by atoms with van der Waals surface area (Å²) in [4.78, 5) is 1.09. The lowest BCUT2D eigenvalue weighted by molar-refractivity contribution is 1.05. The molecule has 0 spiro atoms. The van der Waals surface area contributed by atoms with E-state index in [1.165, 1.54) is 21.9 Å². The molecule has 82 valence electrons. The van der Waals surface area contributed by atoms with Gasteiger partial charge >= 0.3 is 0 Å². The zero-order valence-corrected chi connectivity index (χ0v) is 10.6. The van der Waals surface area contributed by atoms with E-state index in [9.17, 15) is 0 Å². The van der Waals surface area contributed by atoms with E-state index < -0.39 is 0 Å². The number of hydrogen-bond donors (Lipinski definition) is 0. The third-order valence-electron chi connectivity index (χ3n) is 2.83. The highest BCUT2D eigenvalue weighted by Crippen LogP contribution is 2.18. The molecule has 0 aromatic heterocycles. The molecule has 0 aliphatic carbocycles. The fourth-order valence-electron chi connectivity index (χ4n) is 1.89. The average Bonchev–Trinajstić information content (AvgIpc) is 2.26. The Morgan fingerprint density at radius 3 is 2.50 bits per heavy atom.